The lowest BCUT2D eigenvalue weighted by molar-refractivity contribution is -0.683. The second kappa shape index (κ2) is 7.73. The Kier molecular flexibility index (Phi) is 5.22. The van der Waals surface area contributed by atoms with Crippen LogP contribution in [0.4, 0.5) is 0 Å². The first-order valence-electron chi connectivity index (χ1n) is 8.48. The molecule has 1 amide bonds. The van der Waals surface area contributed by atoms with Crippen molar-refractivity contribution < 1.29 is 9.36 Å². The van der Waals surface area contributed by atoms with Crippen LogP contribution < -0.4 is 9.88 Å². The van der Waals surface area contributed by atoms with Gasteiger partial charge in [0.15, 0.2) is 12.4 Å². The third-order valence-corrected chi connectivity index (χ3v) is 4.19. The van der Waals surface area contributed by atoms with Crippen molar-refractivity contribution in [1.29, 1.82) is 0 Å². The molecule has 1 unspecified atom stereocenters. The molecule has 0 saturated heterocycles. The van der Waals surface area contributed by atoms with Gasteiger partial charge in [-0.25, -0.2) is 0 Å². The van der Waals surface area contributed by atoms with Gasteiger partial charge in [0.2, 0.25) is 6.54 Å². The van der Waals surface area contributed by atoms with Crippen LogP contribution in [0, 0.1) is 0 Å². The highest BCUT2D eigenvalue weighted by molar-refractivity contribution is 5.80. The summed E-state index contributed by atoms with van der Waals surface area (Å²) >= 11 is 0. The maximum atomic E-state index is 12.5. The highest BCUT2D eigenvalue weighted by Gasteiger charge is 2.16. The van der Waals surface area contributed by atoms with E-state index in [0.29, 0.717) is 6.54 Å². The van der Waals surface area contributed by atoms with Crippen molar-refractivity contribution in [3.8, 4) is 0 Å². The molecule has 0 radical (unpaired) electrons. The second-order valence-electron chi connectivity index (χ2n) is 6.07. The number of hydrogen-bond donors (Lipinski definition) is 1. The minimum absolute atomic E-state index is 0.0394. The van der Waals surface area contributed by atoms with Crippen molar-refractivity contribution in [2.45, 2.75) is 32.4 Å². The molecule has 3 nitrogen and oxygen atoms in total. The lowest BCUT2D eigenvalue weighted by atomic mass is 10.0. The lowest BCUT2D eigenvalue weighted by Gasteiger charge is -2.17. The minimum atomic E-state index is 0.0394. The average molecular weight is 319 g/mol. The van der Waals surface area contributed by atoms with E-state index < -0.39 is 0 Å². The van der Waals surface area contributed by atoms with Gasteiger partial charge in [-0.05, 0) is 23.4 Å². The summed E-state index contributed by atoms with van der Waals surface area (Å²) in [6.45, 7) is 2.47. The van der Waals surface area contributed by atoms with E-state index in [2.05, 4.69) is 36.5 Å². The van der Waals surface area contributed by atoms with Gasteiger partial charge in [-0.3, -0.25) is 4.79 Å². The highest BCUT2D eigenvalue weighted by atomic mass is 16.2. The molecule has 0 aliphatic carbocycles. The van der Waals surface area contributed by atoms with Crippen molar-refractivity contribution in [2.24, 2.45) is 0 Å². The standard InChI is InChI=1S/C21H22N2O/c1-2-8-20(18-10-4-3-5-11-18)22-21(24)16-23-14-13-17-9-6-7-12-19(17)15-23/h3-7,9-15,20H,2,8,16H2,1H3/p+1. The molecule has 0 saturated carbocycles. The van der Waals surface area contributed by atoms with Gasteiger partial charge in [-0.1, -0.05) is 61.9 Å². The predicted octanol–water partition coefficient (Wildman–Crippen LogP) is 3.78. The fourth-order valence-electron chi connectivity index (χ4n) is 2.98. The first kappa shape index (κ1) is 16.2. The number of amides is 1. The summed E-state index contributed by atoms with van der Waals surface area (Å²) in [4.78, 5) is 12.5. The Morgan fingerprint density at radius 3 is 2.46 bits per heavy atom. The SMILES string of the molecule is CCCC(NC(=O)C[n+]1ccc2ccccc2c1)c1ccccc1. The highest BCUT2D eigenvalue weighted by Crippen LogP contribution is 2.18. The average Bonchev–Trinajstić information content (AvgIpc) is 2.62. The Labute approximate surface area is 143 Å². The van der Waals surface area contributed by atoms with Gasteiger partial charge < -0.3 is 5.32 Å². The Bertz CT molecular complexity index is 814. The number of rotatable bonds is 6. The normalized spacial score (nSPS) is 12.0. The van der Waals surface area contributed by atoms with Crippen LogP contribution in [0.2, 0.25) is 0 Å². The van der Waals surface area contributed by atoms with Gasteiger partial charge in [0, 0.05) is 11.5 Å². The van der Waals surface area contributed by atoms with Crippen LogP contribution in [0.15, 0.2) is 73.1 Å². The third-order valence-electron chi connectivity index (χ3n) is 4.19. The van der Waals surface area contributed by atoms with E-state index in [-0.39, 0.29) is 11.9 Å². The maximum Gasteiger partial charge on any atom is 0.286 e. The summed E-state index contributed by atoms with van der Waals surface area (Å²) in [6.07, 6.45) is 5.95. The summed E-state index contributed by atoms with van der Waals surface area (Å²) in [5.74, 6) is 0.0394. The number of fused-ring (bicyclic) bond motifs is 1. The minimum Gasteiger partial charge on any atom is -0.344 e. The van der Waals surface area contributed by atoms with Crippen molar-refractivity contribution in [1.82, 2.24) is 5.32 Å². The number of hydrogen-bond acceptors (Lipinski definition) is 1. The molecule has 122 valence electrons. The summed E-state index contributed by atoms with van der Waals surface area (Å²) in [6, 6.07) is 20.5. The molecule has 1 heterocycles. The molecule has 0 spiro atoms. The number of nitrogens with zero attached hydrogens (tertiary/aromatic N) is 1. The number of aromatic nitrogens is 1. The van der Waals surface area contributed by atoms with Crippen molar-refractivity contribution in [3.63, 3.8) is 0 Å². The zero-order valence-electron chi connectivity index (χ0n) is 14.0. The maximum absolute atomic E-state index is 12.5. The Balaban J connectivity index is 1.70. The van der Waals surface area contributed by atoms with E-state index in [1.165, 1.54) is 5.39 Å². The van der Waals surface area contributed by atoms with E-state index in [9.17, 15) is 4.79 Å². The van der Waals surface area contributed by atoms with Crippen molar-refractivity contribution in [3.05, 3.63) is 78.6 Å². The van der Waals surface area contributed by atoms with Gasteiger partial charge in [-0.2, -0.15) is 4.57 Å². The summed E-state index contributed by atoms with van der Waals surface area (Å²) in [5, 5.41) is 5.49. The molecule has 1 atom stereocenters. The van der Waals surface area contributed by atoms with Gasteiger partial charge in [0.05, 0.1) is 6.04 Å². The number of carbonyl (C=O) groups excluding carboxylic acids is 1. The number of benzene rings is 2. The Morgan fingerprint density at radius 1 is 1.00 bits per heavy atom. The fraction of sp³-hybridized carbons (Fsp3) is 0.238. The van der Waals surface area contributed by atoms with Gasteiger partial charge >= 0.3 is 0 Å². The first-order chi connectivity index (χ1) is 11.8. The van der Waals surface area contributed by atoms with Crippen LogP contribution in [0.1, 0.15) is 31.4 Å². The molecule has 0 bridgehead atoms. The van der Waals surface area contributed by atoms with Gasteiger partial charge in [0.25, 0.3) is 5.91 Å². The number of carbonyl (C=O) groups is 1. The van der Waals surface area contributed by atoms with E-state index >= 15 is 0 Å². The van der Waals surface area contributed by atoms with Gasteiger partial charge in [-0.15, -0.1) is 0 Å². The van der Waals surface area contributed by atoms with Crippen molar-refractivity contribution >= 4 is 16.7 Å². The van der Waals surface area contributed by atoms with E-state index in [1.54, 1.807) is 0 Å². The van der Waals surface area contributed by atoms with Crippen LogP contribution in [0.25, 0.3) is 10.8 Å². The molecule has 3 rings (SSSR count). The van der Waals surface area contributed by atoms with Crippen LogP contribution in [0.3, 0.4) is 0 Å². The van der Waals surface area contributed by atoms with E-state index in [1.807, 2.05) is 53.4 Å². The second-order valence-corrected chi connectivity index (χ2v) is 6.07. The first-order valence-corrected chi connectivity index (χ1v) is 8.48. The molecule has 3 aromatic rings. The van der Waals surface area contributed by atoms with Crippen LogP contribution in [0.5, 0.6) is 0 Å². The molecule has 0 fully saturated rings. The molecule has 1 N–H and O–H groups in total. The van der Waals surface area contributed by atoms with Gasteiger partial charge in [0.1, 0.15) is 0 Å². The topological polar surface area (TPSA) is 33.0 Å². The van der Waals surface area contributed by atoms with Crippen LogP contribution in [-0.4, -0.2) is 5.91 Å². The molecule has 0 aliphatic heterocycles. The molecule has 2 aromatic carbocycles. The molecule has 3 heteroatoms. The molecule has 24 heavy (non-hydrogen) atoms. The molecule has 1 aromatic heterocycles. The van der Waals surface area contributed by atoms with Crippen molar-refractivity contribution in [2.75, 3.05) is 0 Å². The predicted molar refractivity (Wildman–Crippen MR) is 96.4 cm³/mol. The summed E-state index contributed by atoms with van der Waals surface area (Å²) in [5.41, 5.74) is 1.16. The molecular formula is C21H23N2O+. The molecular weight excluding hydrogens is 296 g/mol. The smallest absolute Gasteiger partial charge is 0.286 e. The molecule has 0 aliphatic rings. The van der Waals surface area contributed by atoms with Crippen LogP contribution >= 0.6 is 0 Å². The Hall–Kier alpha value is -2.68. The summed E-state index contributed by atoms with van der Waals surface area (Å²) in [7, 11) is 0. The van der Waals surface area contributed by atoms with E-state index in [0.717, 1.165) is 23.8 Å². The zero-order valence-corrected chi connectivity index (χ0v) is 14.0. The lowest BCUT2D eigenvalue weighted by Crippen LogP contribution is -2.43. The largest absolute Gasteiger partial charge is 0.344 e. The van der Waals surface area contributed by atoms with Crippen LogP contribution in [-0.2, 0) is 11.3 Å². The quantitative estimate of drug-likeness (QED) is 0.689. The fourth-order valence-corrected chi connectivity index (χ4v) is 2.98. The summed E-state index contributed by atoms with van der Waals surface area (Å²) < 4.78 is 1.94. The monoisotopic (exact) mass is 319 g/mol. The van der Waals surface area contributed by atoms with E-state index in [4.69, 9.17) is 0 Å². The zero-order chi connectivity index (χ0) is 16.8. The Morgan fingerprint density at radius 2 is 1.71 bits per heavy atom. The third kappa shape index (κ3) is 3.99. The number of nitrogens with one attached hydrogen (secondary N) is 1. The number of pyridine rings is 1.